The molecule has 1 spiro atoms. The maximum atomic E-state index is 2.58. The summed E-state index contributed by atoms with van der Waals surface area (Å²) in [6.07, 6.45) is 9.97. The Morgan fingerprint density at radius 1 is 0.931 bits per heavy atom. The zero-order valence-electron chi connectivity index (χ0n) is 16.8. The summed E-state index contributed by atoms with van der Waals surface area (Å²) in [5.74, 6) is 1.21. The van der Waals surface area contributed by atoms with Crippen LogP contribution in [0.4, 0.5) is 0 Å². The lowest BCUT2D eigenvalue weighted by Crippen LogP contribution is -2.34. The Labute approximate surface area is 169 Å². The molecule has 0 amide bonds. The summed E-state index contributed by atoms with van der Waals surface area (Å²) in [5, 5.41) is 11.9. The SMILES string of the molecule is CC(C)c1cc2ccc3ccc4c5c3c2c2c3c(ccc12)=CC1CC1(C=C4)C=3C5. The van der Waals surface area contributed by atoms with Crippen LogP contribution in [0.15, 0.2) is 48.5 Å². The van der Waals surface area contributed by atoms with Crippen LogP contribution in [-0.2, 0) is 6.42 Å². The highest BCUT2D eigenvalue weighted by Crippen LogP contribution is 2.63. The Morgan fingerprint density at radius 2 is 1.79 bits per heavy atom. The molecule has 29 heavy (non-hydrogen) atoms. The van der Waals surface area contributed by atoms with Crippen molar-refractivity contribution in [2.75, 3.05) is 0 Å². The van der Waals surface area contributed by atoms with Gasteiger partial charge < -0.3 is 0 Å². The van der Waals surface area contributed by atoms with E-state index in [0.717, 1.165) is 6.42 Å². The van der Waals surface area contributed by atoms with Crippen LogP contribution in [0, 0.1) is 11.3 Å². The summed E-state index contributed by atoms with van der Waals surface area (Å²) in [5.41, 5.74) is 6.46. The number of rotatable bonds is 1. The van der Waals surface area contributed by atoms with Gasteiger partial charge in [0.1, 0.15) is 0 Å². The van der Waals surface area contributed by atoms with Gasteiger partial charge in [-0.3, -0.25) is 0 Å². The molecule has 0 aromatic heterocycles. The molecule has 4 aliphatic rings. The lowest BCUT2D eigenvalue weighted by atomic mass is 9.82. The molecule has 0 aliphatic heterocycles. The summed E-state index contributed by atoms with van der Waals surface area (Å²) in [6.45, 7) is 4.68. The van der Waals surface area contributed by atoms with E-state index in [4.69, 9.17) is 0 Å². The van der Waals surface area contributed by atoms with Crippen LogP contribution < -0.4 is 10.4 Å². The minimum atomic E-state index is 0.273. The predicted octanol–water partition coefficient (Wildman–Crippen LogP) is 5.80. The van der Waals surface area contributed by atoms with E-state index in [1.165, 1.54) is 55.1 Å². The van der Waals surface area contributed by atoms with Gasteiger partial charge >= 0.3 is 0 Å². The van der Waals surface area contributed by atoms with E-state index in [9.17, 15) is 0 Å². The van der Waals surface area contributed by atoms with Gasteiger partial charge in [-0.25, -0.2) is 0 Å². The van der Waals surface area contributed by atoms with Crippen LogP contribution in [0.5, 0.6) is 0 Å². The molecule has 0 N–H and O–H groups in total. The fourth-order valence-electron chi connectivity index (χ4n) is 6.84. The maximum absolute atomic E-state index is 2.58. The Bertz CT molecular complexity index is 1630. The van der Waals surface area contributed by atoms with E-state index in [1.807, 2.05) is 0 Å². The van der Waals surface area contributed by atoms with Crippen molar-refractivity contribution in [3.05, 3.63) is 75.7 Å². The first-order valence-electron chi connectivity index (χ1n) is 11.0. The van der Waals surface area contributed by atoms with Crippen molar-refractivity contribution in [3.8, 4) is 0 Å². The first kappa shape index (κ1) is 15.0. The highest BCUT2D eigenvalue weighted by atomic mass is 14.6. The molecular weight excluding hydrogens is 348 g/mol. The summed E-state index contributed by atoms with van der Waals surface area (Å²) in [7, 11) is 0. The van der Waals surface area contributed by atoms with Crippen molar-refractivity contribution < 1.29 is 0 Å². The molecule has 1 fully saturated rings. The molecule has 138 valence electrons. The molecular formula is C29H22. The standard InChI is InChI=1S/C29H22/c1-15(2)22-12-19-6-5-17-4-3-16-9-10-29-14-20(29)11-18-7-8-21(22)28-26(18)24(29)13-23(16)25(17)27(19)28/h3-12,15,20H,13-14H2,1-2H3. The van der Waals surface area contributed by atoms with Crippen molar-refractivity contribution in [1.82, 2.24) is 0 Å². The fourth-order valence-corrected chi connectivity index (χ4v) is 6.84. The van der Waals surface area contributed by atoms with E-state index >= 15 is 0 Å². The summed E-state index contributed by atoms with van der Waals surface area (Å²) in [6, 6.07) is 16.7. The highest BCUT2D eigenvalue weighted by molar-refractivity contribution is 6.24. The lowest BCUT2D eigenvalue weighted by Gasteiger charge is -2.21. The topological polar surface area (TPSA) is 0 Å². The van der Waals surface area contributed by atoms with Crippen LogP contribution in [0.2, 0.25) is 0 Å². The van der Waals surface area contributed by atoms with E-state index in [0.29, 0.717) is 11.8 Å². The van der Waals surface area contributed by atoms with Gasteiger partial charge in [-0.05, 0) is 89.7 Å². The fraction of sp³-hybridized carbons (Fsp3) is 0.241. The average molecular weight is 370 g/mol. The minimum absolute atomic E-state index is 0.273. The van der Waals surface area contributed by atoms with Crippen molar-refractivity contribution in [2.45, 2.75) is 32.6 Å². The molecule has 2 atom stereocenters. The smallest absolute Gasteiger partial charge is 0.0176 e. The lowest BCUT2D eigenvalue weighted by molar-refractivity contribution is 0.801. The zero-order valence-corrected chi connectivity index (χ0v) is 16.8. The predicted molar refractivity (Wildman–Crippen MR) is 123 cm³/mol. The molecule has 0 nitrogen and oxygen atoms in total. The molecule has 4 aromatic carbocycles. The van der Waals surface area contributed by atoms with Crippen molar-refractivity contribution >= 4 is 50.0 Å². The third kappa shape index (κ3) is 1.55. The normalized spacial score (nSPS) is 24.8. The van der Waals surface area contributed by atoms with Gasteiger partial charge in [-0.2, -0.15) is 0 Å². The van der Waals surface area contributed by atoms with Gasteiger partial charge in [0.05, 0.1) is 0 Å². The minimum Gasteiger partial charge on any atom is -0.0730 e. The Hall–Kier alpha value is -2.86. The molecule has 2 unspecified atom stereocenters. The molecule has 4 aliphatic carbocycles. The molecule has 2 bridgehead atoms. The second-order valence-corrected chi connectivity index (χ2v) is 9.97. The van der Waals surface area contributed by atoms with Crippen molar-refractivity contribution in [2.24, 2.45) is 11.3 Å². The van der Waals surface area contributed by atoms with Gasteiger partial charge in [-0.15, -0.1) is 0 Å². The molecule has 8 rings (SSSR count). The number of hydrogen-bond acceptors (Lipinski definition) is 0. The quantitative estimate of drug-likeness (QED) is 0.371. The average Bonchev–Trinajstić information content (AvgIpc) is 3.49. The summed E-state index contributed by atoms with van der Waals surface area (Å²) >= 11 is 0. The number of benzene rings is 4. The van der Waals surface area contributed by atoms with Gasteiger partial charge in [0.2, 0.25) is 0 Å². The Kier molecular flexibility index (Phi) is 2.33. The first-order valence-corrected chi connectivity index (χ1v) is 11.0. The first-order chi connectivity index (χ1) is 14.2. The molecule has 1 saturated carbocycles. The van der Waals surface area contributed by atoms with E-state index < -0.39 is 0 Å². The Morgan fingerprint density at radius 3 is 2.69 bits per heavy atom. The summed E-state index contributed by atoms with van der Waals surface area (Å²) < 4.78 is 0. The monoisotopic (exact) mass is 370 g/mol. The van der Waals surface area contributed by atoms with Crippen LogP contribution in [0.25, 0.3) is 50.0 Å². The van der Waals surface area contributed by atoms with Gasteiger partial charge in [-0.1, -0.05) is 74.5 Å². The van der Waals surface area contributed by atoms with Crippen molar-refractivity contribution in [1.29, 1.82) is 0 Å². The molecule has 4 aromatic rings. The third-order valence-electron chi connectivity index (χ3n) is 8.31. The largest absolute Gasteiger partial charge is 0.0730 e. The number of allylic oxidation sites excluding steroid dienone is 1. The van der Waals surface area contributed by atoms with Crippen LogP contribution in [0.1, 0.15) is 42.9 Å². The molecule has 0 radical (unpaired) electrons. The second-order valence-electron chi connectivity index (χ2n) is 9.97. The molecule has 0 heterocycles. The molecule has 0 heteroatoms. The third-order valence-corrected chi connectivity index (χ3v) is 8.31. The van der Waals surface area contributed by atoms with Crippen LogP contribution in [-0.4, -0.2) is 0 Å². The van der Waals surface area contributed by atoms with Crippen molar-refractivity contribution in [3.63, 3.8) is 0 Å². The summed E-state index contributed by atoms with van der Waals surface area (Å²) in [4.78, 5) is 0. The van der Waals surface area contributed by atoms with E-state index in [1.54, 1.807) is 16.4 Å². The number of hydrogen-bond donors (Lipinski definition) is 0. The Balaban J connectivity index is 1.82. The van der Waals surface area contributed by atoms with Gasteiger partial charge in [0.15, 0.2) is 0 Å². The highest BCUT2D eigenvalue weighted by Gasteiger charge is 2.55. The second kappa shape index (κ2) is 4.49. The van der Waals surface area contributed by atoms with Gasteiger partial charge in [0.25, 0.3) is 0 Å². The van der Waals surface area contributed by atoms with E-state index in [-0.39, 0.29) is 5.41 Å². The maximum Gasteiger partial charge on any atom is 0.0176 e. The molecule has 0 saturated heterocycles. The van der Waals surface area contributed by atoms with Crippen LogP contribution in [0.3, 0.4) is 0 Å². The van der Waals surface area contributed by atoms with E-state index in [2.05, 4.69) is 74.5 Å². The van der Waals surface area contributed by atoms with Gasteiger partial charge in [0, 0.05) is 5.41 Å². The van der Waals surface area contributed by atoms with Crippen LogP contribution >= 0.6 is 0 Å². The zero-order chi connectivity index (χ0) is 19.1.